The maximum atomic E-state index is 13.4. The highest BCUT2D eigenvalue weighted by Crippen LogP contribution is 2.36. The molecule has 1 fully saturated rings. The number of Topliss-reactive ketones (excluding diaryl/α,β-unsaturated/α-hetero) is 1. The largest absolute Gasteiger partial charge is 0.497 e. The smallest absolute Gasteiger partial charge is 0.162 e. The zero-order chi connectivity index (χ0) is 17.2. The highest BCUT2D eigenvalue weighted by Gasteiger charge is 2.39. The molecule has 0 aromatic heterocycles. The fourth-order valence-electron chi connectivity index (χ4n) is 3.99. The fraction of sp³-hybridized carbons (Fsp3) is 0.381. The van der Waals surface area contributed by atoms with Crippen molar-refractivity contribution in [3.63, 3.8) is 0 Å². The van der Waals surface area contributed by atoms with Crippen LogP contribution in [0.4, 0.5) is 0 Å². The minimum Gasteiger partial charge on any atom is -0.497 e. The van der Waals surface area contributed by atoms with Crippen molar-refractivity contribution in [1.82, 2.24) is 4.90 Å². The van der Waals surface area contributed by atoms with Gasteiger partial charge in [-0.1, -0.05) is 36.4 Å². The molecule has 0 radical (unpaired) electrons. The summed E-state index contributed by atoms with van der Waals surface area (Å²) in [7, 11) is 1.66. The molecule has 4 rings (SSSR count). The first-order valence-corrected chi connectivity index (χ1v) is 8.85. The SMILES string of the molecule is COc1ccc(C2C(=O)C(N3CCOCC3)Cc3ccccc32)cc1. The Morgan fingerprint density at radius 3 is 2.48 bits per heavy atom. The lowest BCUT2D eigenvalue weighted by molar-refractivity contribution is -0.127. The number of carbonyl (C=O) groups excluding carboxylic acids is 1. The van der Waals surface area contributed by atoms with Crippen LogP contribution in [0, 0.1) is 0 Å². The molecule has 2 atom stereocenters. The highest BCUT2D eigenvalue weighted by molar-refractivity contribution is 5.95. The van der Waals surface area contributed by atoms with Gasteiger partial charge in [0.2, 0.25) is 0 Å². The normalized spacial score (nSPS) is 24.0. The van der Waals surface area contributed by atoms with Crippen molar-refractivity contribution in [2.24, 2.45) is 0 Å². The van der Waals surface area contributed by atoms with Crippen LogP contribution in [0.15, 0.2) is 48.5 Å². The summed E-state index contributed by atoms with van der Waals surface area (Å²) in [6, 6.07) is 16.2. The number of fused-ring (bicyclic) bond motifs is 1. The molecule has 130 valence electrons. The maximum Gasteiger partial charge on any atom is 0.162 e. The van der Waals surface area contributed by atoms with Crippen LogP contribution in [0.2, 0.25) is 0 Å². The van der Waals surface area contributed by atoms with Crippen molar-refractivity contribution < 1.29 is 14.3 Å². The summed E-state index contributed by atoms with van der Waals surface area (Å²) in [6.07, 6.45) is 0.793. The summed E-state index contributed by atoms with van der Waals surface area (Å²) in [5, 5.41) is 0. The lowest BCUT2D eigenvalue weighted by Gasteiger charge is -2.39. The van der Waals surface area contributed by atoms with Gasteiger partial charge in [-0.3, -0.25) is 9.69 Å². The van der Waals surface area contributed by atoms with E-state index in [9.17, 15) is 4.79 Å². The molecule has 4 heteroatoms. The van der Waals surface area contributed by atoms with Crippen LogP contribution < -0.4 is 4.74 Å². The van der Waals surface area contributed by atoms with Gasteiger partial charge in [-0.05, 0) is 35.2 Å². The number of ketones is 1. The Morgan fingerprint density at radius 1 is 1.04 bits per heavy atom. The first-order chi connectivity index (χ1) is 12.3. The van der Waals surface area contributed by atoms with Crippen molar-refractivity contribution in [3.05, 3.63) is 65.2 Å². The Hall–Kier alpha value is -2.17. The van der Waals surface area contributed by atoms with E-state index in [1.165, 1.54) is 5.56 Å². The molecule has 2 unspecified atom stereocenters. The summed E-state index contributed by atoms with van der Waals surface area (Å²) in [5.41, 5.74) is 3.46. The molecule has 0 bridgehead atoms. The second-order valence-electron chi connectivity index (χ2n) is 6.68. The van der Waals surface area contributed by atoms with Crippen LogP contribution in [0.5, 0.6) is 5.75 Å². The average molecular weight is 337 g/mol. The molecule has 1 aliphatic heterocycles. The number of methoxy groups -OCH3 is 1. The molecule has 0 spiro atoms. The zero-order valence-electron chi connectivity index (χ0n) is 14.5. The molecule has 4 nitrogen and oxygen atoms in total. The Bertz CT molecular complexity index is 750. The first kappa shape index (κ1) is 16.3. The Labute approximate surface area is 148 Å². The summed E-state index contributed by atoms with van der Waals surface area (Å²) >= 11 is 0. The average Bonchev–Trinajstić information content (AvgIpc) is 2.68. The van der Waals surface area contributed by atoms with Crippen LogP contribution in [0.1, 0.15) is 22.6 Å². The lowest BCUT2D eigenvalue weighted by Crippen LogP contribution is -2.51. The van der Waals surface area contributed by atoms with Crippen molar-refractivity contribution in [2.75, 3.05) is 33.4 Å². The van der Waals surface area contributed by atoms with Gasteiger partial charge < -0.3 is 9.47 Å². The van der Waals surface area contributed by atoms with Gasteiger partial charge in [-0.15, -0.1) is 0 Å². The predicted octanol–water partition coefficient (Wildman–Crippen LogP) is 2.65. The minimum atomic E-state index is -0.205. The van der Waals surface area contributed by atoms with Gasteiger partial charge in [0.05, 0.1) is 32.3 Å². The topological polar surface area (TPSA) is 38.8 Å². The number of hydrogen-bond donors (Lipinski definition) is 0. The summed E-state index contributed by atoms with van der Waals surface area (Å²) in [5.74, 6) is 0.902. The molecule has 2 aromatic carbocycles. The minimum absolute atomic E-state index is 0.0640. The highest BCUT2D eigenvalue weighted by atomic mass is 16.5. The van der Waals surface area contributed by atoms with Crippen molar-refractivity contribution >= 4 is 5.78 Å². The third kappa shape index (κ3) is 3.08. The molecule has 1 aliphatic carbocycles. The van der Waals surface area contributed by atoms with E-state index in [0.717, 1.165) is 36.4 Å². The third-order valence-electron chi connectivity index (χ3n) is 5.33. The van der Waals surface area contributed by atoms with E-state index in [2.05, 4.69) is 23.1 Å². The molecule has 0 N–H and O–H groups in total. The van der Waals surface area contributed by atoms with Crippen LogP contribution in [0.25, 0.3) is 0 Å². The van der Waals surface area contributed by atoms with Gasteiger partial charge >= 0.3 is 0 Å². The number of rotatable bonds is 3. The van der Waals surface area contributed by atoms with Gasteiger partial charge in [0.1, 0.15) is 5.75 Å². The molecule has 0 saturated carbocycles. The number of hydrogen-bond acceptors (Lipinski definition) is 4. The maximum absolute atomic E-state index is 13.4. The second kappa shape index (κ2) is 6.98. The number of nitrogens with zero attached hydrogens (tertiary/aromatic N) is 1. The molecule has 1 heterocycles. The summed E-state index contributed by atoms with van der Waals surface area (Å²) < 4.78 is 10.7. The van der Waals surface area contributed by atoms with Crippen LogP contribution in [-0.4, -0.2) is 50.1 Å². The standard InChI is InChI=1S/C21H23NO3/c1-24-17-8-6-15(7-9-17)20-18-5-3-2-4-16(18)14-19(21(20)23)22-10-12-25-13-11-22/h2-9,19-20H,10-14H2,1H3. The Balaban J connectivity index is 1.73. The molecule has 25 heavy (non-hydrogen) atoms. The molecular formula is C21H23NO3. The van der Waals surface area contributed by atoms with Gasteiger partial charge in [0.25, 0.3) is 0 Å². The van der Waals surface area contributed by atoms with Gasteiger partial charge in [0.15, 0.2) is 5.78 Å². The van der Waals surface area contributed by atoms with Crippen molar-refractivity contribution in [1.29, 1.82) is 0 Å². The number of morpholine rings is 1. The predicted molar refractivity (Wildman–Crippen MR) is 96.2 cm³/mol. The summed E-state index contributed by atoms with van der Waals surface area (Å²) in [4.78, 5) is 15.7. The molecule has 0 amide bonds. The number of ether oxygens (including phenoxy) is 2. The van der Waals surface area contributed by atoms with E-state index >= 15 is 0 Å². The Kier molecular flexibility index (Phi) is 4.55. The molecular weight excluding hydrogens is 314 g/mol. The Morgan fingerprint density at radius 2 is 1.76 bits per heavy atom. The van der Waals surface area contributed by atoms with Crippen LogP contribution in [0.3, 0.4) is 0 Å². The van der Waals surface area contributed by atoms with Gasteiger partial charge in [-0.25, -0.2) is 0 Å². The lowest BCUT2D eigenvalue weighted by atomic mass is 9.75. The zero-order valence-corrected chi connectivity index (χ0v) is 14.5. The van der Waals surface area contributed by atoms with E-state index in [4.69, 9.17) is 9.47 Å². The first-order valence-electron chi connectivity index (χ1n) is 8.85. The van der Waals surface area contributed by atoms with Crippen LogP contribution >= 0.6 is 0 Å². The van der Waals surface area contributed by atoms with E-state index in [1.54, 1.807) is 7.11 Å². The third-order valence-corrected chi connectivity index (χ3v) is 5.33. The molecule has 2 aliphatic rings. The number of benzene rings is 2. The number of carbonyl (C=O) groups is 1. The molecule has 1 saturated heterocycles. The van der Waals surface area contributed by atoms with Crippen molar-refractivity contribution in [3.8, 4) is 5.75 Å². The van der Waals surface area contributed by atoms with E-state index in [1.807, 2.05) is 30.3 Å². The van der Waals surface area contributed by atoms with E-state index in [0.29, 0.717) is 19.0 Å². The quantitative estimate of drug-likeness (QED) is 0.863. The van der Waals surface area contributed by atoms with Gasteiger partial charge in [-0.2, -0.15) is 0 Å². The molecule has 2 aromatic rings. The second-order valence-corrected chi connectivity index (χ2v) is 6.68. The monoisotopic (exact) mass is 337 g/mol. The van der Waals surface area contributed by atoms with E-state index < -0.39 is 0 Å². The van der Waals surface area contributed by atoms with E-state index in [-0.39, 0.29) is 12.0 Å². The summed E-state index contributed by atoms with van der Waals surface area (Å²) in [6.45, 7) is 3.07. The fourth-order valence-corrected chi connectivity index (χ4v) is 3.99. The van der Waals surface area contributed by atoms with Crippen LogP contribution in [-0.2, 0) is 16.0 Å². The van der Waals surface area contributed by atoms with Gasteiger partial charge in [0, 0.05) is 13.1 Å². The van der Waals surface area contributed by atoms with Crippen molar-refractivity contribution in [2.45, 2.75) is 18.4 Å².